The monoisotopic (exact) mass is 254 g/mol. The number of nitrogens with one attached hydrogen (secondary N) is 1. The second-order valence-corrected chi connectivity index (χ2v) is 8.19. The lowest BCUT2D eigenvalue weighted by atomic mass is 9.90. The van der Waals surface area contributed by atoms with Crippen LogP contribution in [0.4, 0.5) is 0 Å². The van der Waals surface area contributed by atoms with Crippen molar-refractivity contribution in [3.05, 3.63) is 0 Å². The van der Waals surface area contributed by atoms with Gasteiger partial charge in [0.25, 0.3) is 0 Å². The lowest BCUT2D eigenvalue weighted by Crippen LogP contribution is -2.47. The van der Waals surface area contributed by atoms with Crippen LogP contribution in [-0.2, 0) is 0 Å². The molecule has 1 saturated heterocycles. The summed E-state index contributed by atoms with van der Waals surface area (Å²) in [5, 5.41) is 3.65. The molecule has 0 bridgehead atoms. The number of hydrogen-bond acceptors (Lipinski definition) is 2. The van der Waals surface area contributed by atoms with Gasteiger partial charge in [0.15, 0.2) is 0 Å². The van der Waals surface area contributed by atoms with E-state index < -0.39 is 0 Å². The number of hydrogen-bond donors (Lipinski definition) is 1. The Labute approximate surface area is 115 Å². The van der Waals surface area contributed by atoms with Gasteiger partial charge in [-0.2, -0.15) is 0 Å². The first-order valence-electron chi connectivity index (χ1n) is 7.60. The zero-order valence-corrected chi connectivity index (χ0v) is 13.6. The zero-order chi connectivity index (χ0) is 14.0. The molecule has 2 heteroatoms. The summed E-state index contributed by atoms with van der Waals surface area (Å²) in [6.45, 7) is 19.9. The summed E-state index contributed by atoms with van der Waals surface area (Å²) in [6, 6.07) is 0.805. The van der Waals surface area contributed by atoms with Crippen molar-refractivity contribution in [1.29, 1.82) is 0 Å². The van der Waals surface area contributed by atoms with Crippen molar-refractivity contribution < 1.29 is 0 Å². The van der Waals surface area contributed by atoms with Crippen molar-refractivity contribution in [3.63, 3.8) is 0 Å². The van der Waals surface area contributed by atoms with Gasteiger partial charge in [0.1, 0.15) is 0 Å². The Kier molecular flexibility index (Phi) is 5.25. The Hall–Kier alpha value is -0.0800. The molecular weight excluding hydrogens is 220 g/mol. The minimum Gasteiger partial charge on any atom is -0.311 e. The highest BCUT2D eigenvalue weighted by atomic mass is 15.2. The first-order chi connectivity index (χ1) is 8.11. The molecule has 0 amide bonds. The standard InChI is InChI=1S/C16H34N2/c1-13(2)14-9-8-10-18(14)12-16(6,7)11-17-15(3,4)5/h13-14,17H,8-12H2,1-7H3. The van der Waals surface area contributed by atoms with E-state index in [0.717, 1.165) is 18.5 Å². The molecule has 1 heterocycles. The molecule has 1 fully saturated rings. The summed E-state index contributed by atoms with van der Waals surface area (Å²) in [6.07, 6.45) is 2.77. The van der Waals surface area contributed by atoms with E-state index in [1.165, 1.54) is 25.9 Å². The maximum atomic E-state index is 3.65. The number of rotatable bonds is 5. The molecule has 0 spiro atoms. The van der Waals surface area contributed by atoms with Crippen LogP contribution in [0.5, 0.6) is 0 Å². The van der Waals surface area contributed by atoms with Crippen molar-refractivity contribution in [2.24, 2.45) is 11.3 Å². The largest absolute Gasteiger partial charge is 0.311 e. The third kappa shape index (κ3) is 5.27. The normalized spacial score (nSPS) is 23.0. The van der Waals surface area contributed by atoms with Crippen molar-refractivity contribution in [1.82, 2.24) is 10.2 Å². The number of likely N-dealkylation sites (tertiary alicyclic amines) is 1. The van der Waals surface area contributed by atoms with E-state index in [0.29, 0.717) is 5.41 Å². The minimum atomic E-state index is 0.222. The molecule has 0 aromatic heterocycles. The van der Waals surface area contributed by atoms with Crippen LogP contribution < -0.4 is 5.32 Å². The van der Waals surface area contributed by atoms with Gasteiger partial charge in [0.2, 0.25) is 0 Å². The van der Waals surface area contributed by atoms with Crippen molar-refractivity contribution in [2.75, 3.05) is 19.6 Å². The fourth-order valence-electron chi connectivity index (χ4n) is 2.91. The van der Waals surface area contributed by atoms with Gasteiger partial charge in [0.05, 0.1) is 0 Å². The van der Waals surface area contributed by atoms with Crippen LogP contribution in [0, 0.1) is 11.3 Å². The number of nitrogens with zero attached hydrogens (tertiary/aromatic N) is 1. The molecular formula is C16H34N2. The molecule has 0 aromatic rings. The van der Waals surface area contributed by atoms with Crippen LogP contribution in [0.15, 0.2) is 0 Å². The highest BCUT2D eigenvalue weighted by Gasteiger charge is 2.32. The van der Waals surface area contributed by atoms with Crippen molar-refractivity contribution >= 4 is 0 Å². The predicted octanol–water partition coefficient (Wildman–Crippen LogP) is 3.52. The lowest BCUT2D eigenvalue weighted by molar-refractivity contribution is 0.132. The van der Waals surface area contributed by atoms with Gasteiger partial charge >= 0.3 is 0 Å². The van der Waals surface area contributed by atoms with E-state index in [1.54, 1.807) is 0 Å². The maximum Gasteiger partial charge on any atom is 0.0119 e. The lowest BCUT2D eigenvalue weighted by Gasteiger charge is -2.37. The van der Waals surface area contributed by atoms with Gasteiger partial charge in [-0.3, -0.25) is 4.90 Å². The fraction of sp³-hybridized carbons (Fsp3) is 1.00. The second kappa shape index (κ2) is 5.92. The van der Waals surface area contributed by atoms with E-state index >= 15 is 0 Å². The third-order valence-corrected chi connectivity index (χ3v) is 3.91. The van der Waals surface area contributed by atoms with Crippen LogP contribution in [0.25, 0.3) is 0 Å². The zero-order valence-electron chi connectivity index (χ0n) is 13.6. The molecule has 1 aliphatic heterocycles. The van der Waals surface area contributed by atoms with Crippen molar-refractivity contribution in [3.8, 4) is 0 Å². The summed E-state index contributed by atoms with van der Waals surface area (Å²) < 4.78 is 0. The molecule has 1 aliphatic rings. The third-order valence-electron chi connectivity index (χ3n) is 3.91. The summed E-state index contributed by atoms with van der Waals surface area (Å²) in [5.74, 6) is 0.791. The van der Waals surface area contributed by atoms with E-state index in [4.69, 9.17) is 0 Å². The molecule has 1 atom stereocenters. The first kappa shape index (κ1) is 16.0. The van der Waals surface area contributed by atoms with Crippen LogP contribution >= 0.6 is 0 Å². The predicted molar refractivity (Wildman–Crippen MR) is 81.0 cm³/mol. The Morgan fingerprint density at radius 3 is 2.28 bits per heavy atom. The van der Waals surface area contributed by atoms with Crippen LogP contribution in [0.1, 0.15) is 61.3 Å². The summed E-state index contributed by atoms with van der Waals surface area (Å²) in [5.41, 5.74) is 0.574. The van der Waals surface area contributed by atoms with E-state index in [1.807, 2.05) is 0 Å². The van der Waals surface area contributed by atoms with Crippen LogP contribution in [0.2, 0.25) is 0 Å². The van der Waals surface area contributed by atoms with Gasteiger partial charge in [-0.25, -0.2) is 0 Å². The van der Waals surface area contributed by atoms with Crippen LogP contribution in [0.3, 0.4) is 0 Å². The average Bonchev–Trinajstić information content (AvgIpc) is 2.61. The van der Waals surface area contributed by atoms with Gasteiger partial charge in [-0.05, 0) is 51.5 Å². The Balaban J connectivity index is 2.49. The smallest absolute Gasteiger partial charge is 0.0119 e. The molecule has 0 saturated carbocycles. The molecule has 0 aromatic carbocycles. The van der Waals surface area contributed by atoms with E-state index in [2.05, 4.69) is 58.7 Å². The Morgan fingerprint density at radius 2 is 1.78 bits per heavy atom. The van der Waals surface area contributed by atoms with E-state index in [9.17, 15) is 0 Å². The summed E-state index contributed by atoms with van der Waals surface area (Å²) in [4.78, 5) is 2.72. The van der Waals surface area contributed by atoms with Gasteiger partial charge in [-0.15, -0.1) is 0 Å². The Morgan fingerprint density at radius 1 is 1.17 bits per heavy atom. The quantitative estimate of drug-likeness (QED) is 0.807. The molecule has 1 rings (SSSR count). The SMILES string of the molecule is CC(C)C1CCCN1CC(C)(C)CNC(C)(C)C. The molecule has 1 unspecified atom stereocenters. The molecule has 2 nitrogen and oxygen atoms in total. The summed E-state index contributed by atoms with van der Waals surface area (Å²) >= 11 is 0. The molecule has 0 aliphatic carbocycles. The average molecular weight is 254 g/mol. The van der Waals surface area contributed by atoms with Crippen LogP contribution in [-0.4, -0.2) is 36.1 Å². The summed E-state index contributed by atoms with van der Waals surface area (Å²) in [7, 11) is 0. The minimum absolute atomic E-state index is 0.222. The second-order valence-electron chi connectivity index (χ2n) is 8.19. The van der Waals surface area contributed by atoms with Gasteiger partial charge in [0, 0.05) is 24.7 Å². The molecule has 108 valence electrons. The highest BCUT2D eigenvalue weighted by molar-refractivity contribution is 4.87. The fourth-order valence-corrected chi connectivity index (χ4v) is 2.91. The van der Waals surface area contributed by atoms with Crippen molar-refractivity contribution in [2.45, 2.75) is 72.9 Å². The maximum absolute atomic E-state index is 3.65. The molecule has 1 N–H and O–H groups in total. The highest BCUT2D eigenvalue weighted by Crippen LogP contribution is 2.28. The molecule has 18 heavy (non-hydrogen) atoms. The van der Waals surface area contributed by atoms with Gasteiger partial charge < -0.3 is 5.32 Å². The first-order valence-corrected chi connectivity index (χ1v) is 7.60. The molecule has 0 radical (unpaired) electrons. The Bertz CT molecular complexity index is 250. The topological polar surface area (TPSA) is 15.3 Å². The van der Waals surface area contributed by atoms with E-state index in [-0.39, 0.29) is 5.54 Å². The van der Waals surface area contributed by atoms with Gasteiger partial charge in [-0.1, -0.05) is 27.7 Å².